The molecule has 3 heteroatoms. The van der Waals surface area contributed by atoms with E-state index in [1.54, 1.807) is 0 Å². The van der Waals surface area contributed by atoms with Gasteiger partial charge < -0.3 is 9.84 Å². The number of carboxylic acids is 1. The van der Waals surface area contributed by atoms with Gasteiger partial charge in [0.05, 0.1) is 0 Å². The lowest BCUT2D eigenvalue weighted by Crippen LogP contribution is -2.24. The molecule has 18 heavy (non-hydrogen) atoms. The monoisotopic (exact) mass is 248 g/mol. The lowest BCUT2D eigenvalue weighted by atomic mass is 9.93. The largest absolute Gasteiger partial charge is 0.487 e. The Morgan fingerprint density at radius 2 is 2.22 bits per heavy atom. The third-order valence-corrected chi connectivity index (χ3v) is 3.45. The molecular formula is C15H20O3. The maximum Gasteiger partial charge on any atom is 0.303 e. The molecule has 0 spiro atoms. The van der Waals surface area contributed by atoms with E-state index in [-0.39, 0.29) is 17.9 Å². The van der Waals surface area contributed by atoms with Gasteiger partial charge in [-0.15, -0.1) is 0 Å². The predicted molar refractivity (Wildman–Crippen MR) is 70.1 cm³/mol. The number of hydrogen-bond donors (Lipinski definition) is 1. The van der Waals surface area contributed by atoms with Gasteiger partial charge in [-0.25, -0.2) is 0 Å². The number of carbonyl (C=O) groups is 1. The first kappa shape index (κ1) is 12.9. The molecule has 1 aromatic carbocycles. The Hall–Kier alpha value is -1.51. The molecule has 1 aliphatic rings. The maximum atomic E-state index is 10.6. The van der Waals surface area contributed by atoms with E-state index in [9.17, 15) is 4.79 Å². The summed E-state index contributed by atoms with van der Waals surface area (Å²) in [5.74, 6) is 0.511. The van der Waals surface area contributed by atoms with Crippen molar-refractivity contribution in [1.29, 1.82) is 0 Å². The standard InChI is InChI=1S/C15H20O3/c1-10(4-7-14(16)17)11-5-6-13-12(8-11)9-15(2,3)18-13/h5-6,8,10H,4,7,9H2,1-3H3,(H,16,17). The first-order valence-corrected chi connectivity index (χ1v) is 6.41. The van der Waals surface area contributed by atoms with Crippen LogP contribution in [-0.2, 0) is 11.2 Å². The number of aliphatic carboxylic acids is 1. The molecule has 1 aromatic rings. The number of benzene rings is 1. The molecule has 0 aliphatic carbocycles. The number of rotatable bonds is 4. The van der Waals surface area contributed by atoms with Crippen LogP contribution in [0.4, 0.5) is 0 Å². The van der Waals surface area contributed by atoms with Crippen molar-refractivity contribution in [3.63, 3.8) is 0 Å². The van der Waals surface area contributed by atoms with Crippen LogP contribution in [0.2, 0.25) is 0 Å². The fourth-order valence-electron chi connectivity index (χ4n) is 2.44. The van der Waals surface area contributed by atoms with Crippen molar-refractivity contribution in [3.8, 4) is 5.75 Å². The predicted octanol–water partition coefficient (Wildman–Crippen LogP) is 3.37. The van der Waals surface area contributed by atoms with Crippen LogP contribution in [0.3, 0.4) is 0 Å². The van der Waals surface area contributed by atoms with Crippen LogP contribution in [-0.4, -0.2) is 16.7 Å². The minimum Gasteiger partial charge on any atom is -0.487 e. The number of carboxylic acid groups (broad SMARTS) is 1. The van der Waals surface area contributed by atoms with Crippen molar-refractivity contribution < 1.29 is 14.6 Å². The fraction of sp³-hybridized carbons (Fsp3) is 0.533. The molecular weight excluding hydrogens is 228 g/mol. The summed E-state index contributed by atoms with van der Waals surface area (Å²) in [6.07, 6.45) is 1.82. The molecule has 1 atom stereocenters. The maximum absolute atomic E-state index is 10.6. The fourth-order valence-corrected chi connectivity index (χ4v) is 2.44. The molecule has 0 aromatic heterocycles. The van der Waals surface area contributed by atoms with Crippen molar-refractivity contribution in [3.05, 3.63) is 29.3 Å². The third-order valence-electron chi connectivity index (χ3n) is 3.45. The highest BCUT2D eigenvalue weighted by atomic mass is 16.5. The Bertz CT molecular complexity index is 463. The average molecular weight is 248 g/mol. The second-order valence-corrected chi connectivity index (χ2v) is 5.74. The third kappa shape index (κ3) is 2.84. The number of hydrogen-bond acceptors (Lipinski definition) is 2. The van der Waals surface area contributed by atoms with E-state index < -0.39 is 5.97 Å². The van der Waals surface area contributed by atoms with Gasteiger partial charge in [-0.3, -0.25) is 4.79 Å². The van der Waals surface area contributed by atoms with Gasteiger partial charge in [-0.2, -0.15) is 0 Å². The highest BCUT2D eigenvalue weighted by Crippen LogP contribution is 2.36. The summed E-state index contributed by atoms with van der Waals surface area (Å²) < 4.78 is 5.83. The molecule has 98 valence electrons. The lowest BCUT2D eigenvalue weighted by molar-refractivity contribution is -0.137. The summed E-state index contributed by atoms with van der Waals surface area (Å²) in [5.41, 5.74) is 2.32. The van der Waals surface area contributed by atoms with Crippen molar-refractivity contribution >= 4 is 5.97 Å². The van der Waals surface area contributed by atoms with Gasteiger partial charge in [0.25, 0.3) is 0 Å². The summed E-state index contributed by atoms with van der Waals surface area (Å²) >= 11 is 0. The summed E-state index contributed by atoms with van der Waals surface area (Å²) in [6.45, 7) is 6.24. The molecule has 1 heterocycles. The highest BCUT2D eigenvalue weighted by molar-refractivity contribution is 5.66. The van der Waals surface area contributed by atoms with E-state index >= 15 is 0 Å². The van der Waals surface area contributed by atoms with Crippen molar-refractivity contribution in [2.75, 3.05) is 0 Å². The SMILES string of the molecule is CC(CCC(=O)O)c1ccc2c(c1)CC(C)(C)O2. The number of ether oxygens (including phenoxy) is 1. The Balaban J connectivity index is 2.11. The minimum absolute atomic E-state index is 0.120. The lowest BCUT2D eigenvalue weighted by Gasteiger charge is -2.16. The van der Waals surface area contributed by atoms with Crippen LogP contribution in [0.15, 0.2) is 18.2 Å². The molecule has 3 nitrogen and oxygen atoms in total. The molecule has 2 rings (SSSR count). The smallest absolute Gasteiger partial charge is 0.303 e. The topological polar surface area (TPSA) is 46.5 Å². The van der Waals surface area contributed by atoms with Gasteiger partial charge in [0.1, 0.15) is 11.4 Å². The van der Waals surface area contributed by atoms with E-state index in [1.807, 2.05) is 12.1 Å². The quantitative estimate of drug-likeness (QED) is 0.888. The molecule has 0 bridgehead atoms. The Morgan fingerprint density at radius 1 is 1.50 bits per heavy atom. The molecule has 0 fully saturated rings. The Labute approximate surface area is 108 Å². The first-order chi connectivity index (χ1) is 8.37. The van der Waals surface area contributed by atoms with E-state index in [0.29, 0.717) is 6.42 Å². The van der Waals surface area contributed by atoms with E-state index in [0.717, 1.165) is 12.2 Å². The summed E-state index contributed by atoms with van der Waals surface area (Å²) in [7, 11) is 0. The van der Waals surface area contributed by atoms with Crippen molar-refractivity contribution in [2.24, 2.45) is 0 Å². The van der Waals surface area contributed by atoms with Gasteiger partial charge >= 0.3 is 5.97 Å². The molecule has 0 radical (unpaired) electrons. The highest BCUT2D eigenvalue weighted by Gasteiger charge is 2.30. The van der Waals surface area contributed by atoms with Crippen LogP contribution in [0, 0.1) is 0 Å². The molecule has 1 unspecified atom stereocenters. The Morgan fingerprint density at radius 3 is 2.89 bits per heavy atom. The van der Waals surface area contributed by atoms with E-state index in [2.05, 4.69) is 26.8 Å². The molecule has 0 amide bonds. The zero-order valence-electron chi connectivity index (χ0n) is 11.2. The van der Waals surface area contributed by atoms with Crippen LogP contribution < -0.4 is 4.74 Å². The van der Waals surface area contributed by atoms with Crippen LogP contribution >= 0.6 is 0 Å². The average Bonchev–Trinajstić information content (AvgIpc) is 2.58. The van der Waals surface area contributed by atoms with Gasteiger partial charge in [0, 0.05) is 12.8 Å². The molecule has 1 N–H and O–H groups in total. The normalized spacial score (nSPS) is 17.9. The Kier molecular flexibility index (Phi) is 3.33. The van der Waals surface area contributed by atoms with Gasteiger partial charge in [0.15, 0.2) is 0 Å². The van der Waals surface area contributed by atoms with Crippen LogP contribution in [0.1, 0.15) is 50.7 Å². The molecule has 0 saturated heterocycles. The molecule has 1 aliphatic heterocycles. The second-order valence-electron chi connectivity index (χ2n) is 5.74. The van der Waals surface area contributed by atoms with Gasteiger partial charge in [-0.1, -0.05) is 19.1 Å². The zero-order valence-corrected chi connectivity index (χ0v) is 11.2. The van der Waals surface area contributed by atoms with E-state index in [1.165, 1.54) is 11.1 Å². The van der Waals surface area contributed by atoms with E-state index in [4.69, 9.17) is 9.84 Å². The summed E-state index contributed by atoms with van der Waals surface area (Å²) in [5, 5.41) is 8.71. The van der Waals surface area contributed by atoms with Crippen LogP contribution in [0.5, 0.6) is 5.75 Å². The van der Waals surface area contributed by atoms with Crippen LogP contribution in [0.25, 0.3) is 0 Å². The van der Waals surface area contributed by atoms with Gasteiger partial charge in [0.2, 0.25) is 0 Å². The van der Waals surface area contributed by atoms with Crippen molar-refractivity contribution in [2.45, 2.75) is 51.6 Å². The van der Waals surface area contributed by atoms with Gasteiger partial charge in [-0.05, 0) is 43.4 Å². The summed E-state index contributed by atoms with van der Waals surface area (Å²) in [6, 6.07) is 6.22. The zero-order chi connectivity index (χ0) is 13.3. The summed E-state index contributed by atoms with van der Waals surface area (Å²) in [4.78, 5) is 10.6. The minimum atomic E-state index is -0.729. The number of fused-ring (bicyclic) bond motifs is 1. The van der Waals surface area contributed by atoms with Crippen molar-refractivity contribution in [1.82, 2.24) is 0 Å². The first-order valence-electron chi connectivity index (χ1n) is 6.41. The second kappa shape index (κ2) is 4.63. The molecule has 0 saturated carbocycles.